The SMILES string of the molecule is Cc1n[nH]c(C)c1C(=O)NCC1(C)CCCC1. The maximum Gasteiger partial charge on any atom is 0.255 e. The van der Waals surface area contributed by atoms with Crippen molar-refractivity contribution in [2.75, 3.05) is 6.54 Å². The number of hydrogen-bond donors (Lipinski definition) is 2. The molecule has 1 saturated carbocycles. The summed E-state index contributed by atoms with van der Waals surface area (Å²) in [4.78, 5) is 12.1. The third-order valence-electron chi connectivity index (χ3n) is 3.84. The van der Waals surface area contributed by atoms with Gasteiger partial charge in [0.15, 0.2) is 0 Å². The van der Waals surface area contributed by atoms with E-state index in [9.17, 15) is 4.79 Å². The highest BCUT2D eigenvalue weighted by Gasteiger charge is 2.29. The largest absolute Gasteiger partial charge is 0.351 e. The molecular formula is C13H21N3O. The Morgan fingerprint density at radius 3 is 2.59 bits per heavy atom. The summed E-state index contributed by atoms with van der Waals surface area (Å²) >= 11 is 0. The van der Waals surface area contributed by atoms with Crippen molar-refractivity contribution in [3.63, 3.8) is 0 Å². The van der Waals surface area contributed by atoms with Gasteiger partial charge in [0.2, 0.25) is 0 Å². The molecular weight excluding hydrogens is 214 g/mol. The topological polar surface area (TPSA) is 57.8 Å². The molecule has 2 rings (SSSR count). The number of nitrogens with one attached hydrogen (secondary N) is 2. The van der Waals surface area contributed by atoms with E-state index in [1.807, 2.05) is 13.8 Å². The first-order valence-corrected chi connectivity index (χ1v) is 6.32. The average molecular weight is 235 g/mol. The molecule has 0 bridgehead atoms. The van der Waals surface area contributed by atoms with Gasteiger partial charge in [-0.05, 0) is 32.1 Å². The normalized spacial score (nSPS) is 18.3. The van der Waals surface area contributed by atoms with Crippen LogP contribution < -0.4 is 5.32 Å². The number of aromatic amines is 1. The van der Waals surface area contributed by atoms with E-state index in [4.69, 9.17) is 0 Å². The third-order valence-corrected chi connectivity index (χ3v) is 3.84. The first-order valence-electron chi connectivity index (χ1n) is 6.32. The first-order chi connectivity index (χ1) is 8.02. The van der Waals surface area contributed by atoms with Crippen molar-refractivity contribution in [3.8, 4) is 0 Å². The molecule has 1 amide bonds. The molecule has 1 aromatic rings. The Morgan fingerprint density at radius 2 is 2.06 bits per heavy atom. The zero-order chi connectivity index (χ0) is 12.5. The summed E-state index contributed by atoms with van der Waals surface area (Å²) in [7, 11) is 0. The van der Waals surface area contributed by atoms with Crippen molar-refractivity contribution in [1.82, 2.24) is 15.5 Å². The van der Waals surface area contributed by atoms with Gasteiger partial charge in [-0.3, -0.25) is 9.89 Å². The molecule has 2 N–H and O–H groups in total. The van der Waals surface area contributed by atoms with Crippen molar-refractivity contribution in [3.05, 3.63) is 17.0 Å². The predicted octanol–water partition coefficient (Wildman–Crippen LogP) is 2.34. The van der Waals surface area contributed by atoms with Gasteiger partial charge in [0.1, 0.15) is 0 Å². The van der Waals surface area contributed by atoms with Gasteiger partial charge in [0, 0.05) is 12.2 Å². The Balaban J connectivity index is 1.98. The van der Waals surface area contributed by atoms with E-state index >= 15 is 0 Å². The number of hydrogen-bond acceptors (Lipinski definition) is 2. The monoisotopic (exact) mass is 235 g/mol. The molecule has 17 heavy (non-hydrogen) atoms. The quantitative estimate of drug-likeness (QED) is 0.844. The molecule has 0 aliphatic heterocycles. The Labute approximate surface area is 102 Å². The minimum Gasteiger partial charge on any atom is -0.351 e. The molecule has 0 spiro atoms. The van der Waals surface area contributed by atoms with Crippen LogP contribution in [0.15, 0.2) is 0 Å². The molecule has 4 heteroatoms. The second-order valence-corrected chi connectivity index (χ2v) is 5.51. The van der Waals surface area contributed by atoms with Crippen molar-refractivity contribution < 1.29 is 4.79 Å². The van der Waals surface area contributed by atoms with Crippen LogP contribution in [0.25, 0.3) is 0 Å². The summed E-state index contributed by atoms with van der Waals surface area (Å²) < 4.78 is 0. The molecule has 1 heterocycles. The van der Waals surface area contributed by atoms with E-state index < -0.39 is 0 Å². The fraction of sp³-hybridized carbons (Fsp3) is 0.692. The number of aromatic nitrogens is 2. The maximum atomic E-state index is 12.1. The summed E-state index contributed by atoms with van der Waals surface area (Å²) in [6.45, 7) is 6.77. The van der Waals surface area contributed by atoms with Crippen LogP contribution in [0.2, 0.25) is 0 Å². The smallest absolute Gasteiger partial charge is 0.255 e. The van der Waals surface area contributed by atoms with E-state index in [1.54, 1.807) is 0 Å². The van der Waals surface area contributed by atoms with Crippen molar-refractivity contribution >= 4 is 5.91 Å². The van der Waals surface area contributed by atoms with Gasteiger partial charge >= 0.3 is 0 Å². The molecule has 94 valence electrons. The lowest BCUT2D eigenvalue weighted by molar-refractivity contribution is 0.0933. The Hall–Kier alpha value is -1.32. The molecule has 0 aromatic carbocycles. The molecule has 0 radical (unpaired) electrons. The van der Waals surface area contributed by atoms with Crippen molar-refractivity contribution in [2.45, 2.75) is 46.5 Å². The van der Waals surface area contributed by atoms with Gasteiger partial charge in [-0.2, -0.15) is 5.10 Å². The number of carbonyl (C=O) groups excluding carboxylic acids is 1. The lowest BCUT2D eigenvalue weighted by Crippen LogP contribution is -2.34. The van der Waals surface area contributed by atoms with Crippen LogP contribution >= 0.6 is 0 Å². The summed E-state index contributed by atoms with van der Waals surface area (Å²) in [5.41, 5.74) is 2.61. The van der Waals surface area contributed by atoms with Gasteiger partial charge in [-0.1, -0.05) is 19.8 Å². The third kappa shape index (κ3) is 2.51. The standard InChI is InChI=1S/C13H21N3O/c1-9-11(10(2)16-15-9)12(17)14-8-13(3)6-4-5-7-13/h4-8H2,1-3H3,(H,14,17)(H,15,16). The molecule has 1 fully saturated rings. The highest BCUT2D eigenvalue weighted by Crippen LogP contribution is 2.36. The molecule has 0 atom stereocenters. The Bertz CT molecular complexity index is 397. The molecule has 1 aliphatic rings. The van der Waals surface area contributed by atoms with Crippen molar-refractivity contribution in [1.29, 1.82) is 0 Å². The zero-order valence-electron chi connectivity index (χ0n) is 10.9. The summed E-state index contributed by atoms with van der Waals surface area (Å²) in [5.74, 6) is 0.00174. The van der Waals surface area contributed by atoms with E-state index in [1.165, 1.54) is 25.7 Å². The number of H-pyrrole nitrogens is 1. The van der Waals surface area contributed by atoms with E-state index in [2.05, 4.69) is 22.4 Å². The molecule has 0 unspecified atom stereocenters. The van der Waals surface area contributed by atoms with Gasteiger partial charge in [0.25, 0.3) is 5.91 Å². The summed E-state index contributed by atoms with van der Waals surface area (Å²) in [6.07, 6.45) is 5.01. The highest BCUT2D eigenvalue weighted by molar-refractivity contribution is 5.96. The van der Waals surface area contributed by atoms with Crippen LogP contribution in [0.5, 0.6) is 0 Å². The van der Waals surface area contributed by atoms with Crippen LogP contribution in [0, 0.1) is 19.3 Å². The molecule has 1 aromatic heterocycles. The minimum atomic E-state index is 0.00174. The number of nitrogens with zero attached hydrogens (tertiary/aromatic N) is 1. The maximum absolute atomic E-state index is 12.1. The molecule has 1 aliphatic carbocycles. The van der Waals surface area contributed by atoms with Crippen LogP contribution in [0.4, 0.5) is 0 Å². The van der Waals surface area contributed by atoms with Gasteiger partial charge in [-0.25, -0.2) is 0 Å². The molecule has 4 nitrogen and oxygen atoms in total. The van der Waals surface area contributed by atoms with Gasteiger partial charge < -0.3 is 5.32 Å². The first kappa shape index (κ1) is 12.1. The summed E-state index contributed by atoms with van der Waals surface area (Å²) in [6, 6.07) is 0. The fourth-order valence-electron chi connectivity index (χ4n) is 2.67. The van der Waals surface area contributed by atoms with Crippen LogP contribution in [-0.4, -0.2) is 22.6 Å². The van der Waals surface area contributed by atoms with Gasteiger partial charge in [-0.15, -0.1) is 0 Å². The van der Waals surface area contributed by atoms with E-state index in [-0.39, 0.29) is 5.91 Å². The molecule has 0 saturated heterocycles. The highest BCUT2D eigenvalue weighted by atomic mass is 16.1. The number of carbonyl (C=O) groups is 1. The van der Waals surface area contributed by atoms with E-state index in [0.717, 1.165) is 17.9 Å². The van der Waals surface area contributed by atoms with E-state index in [0.29, 0.717) is 11.0 Å². The van der Waals surface area contributed by atoms with Gasteiger partial charge in [0.05, 0.1) is 11.3 Å². The summed E-state index contributed by atoms with van der Waals surface area (Å²) in [5, 5.41) is 9.94. The lowest BCUT2D eigenvalue weighted by Gasteiger charge is -2.23. The number of aryl methyl sites for hydroxylation is 2. The fourth-order valence-corrected chi connectivity index (χ4v) is 2.67. The number of amides is 1. The zero-order valence-corrected chi connectivity index (χ0v) is 10.9. The second-order valence-electron chi connectivity index (χ2n) is 5.51. The minimum absolute atomic E-state index is 0.00174. The van der Waals surface area contributed by atoms with Crippen LogP contribution in [0.1, 0.15) is 54.4 Å². The van der Waals surface area contributed by atoms with Crippen LogP contribution in [-0.2, 0) is 0 Å². The number of rotatable bonds is 3. The average Bonchev–Trinajstić information content (AvgIpc) is 2.84. The van der Waals surface area contributed by atoms with Crippen LogP contribution in [0.3, 0.4) is 0 Å². The Kier molecular flexibility index (Phi) is 3.22. The Morgan fingerprint density at radius 1 is 1.41 bits per heavy atom. The lowest BCUT2D eigenvalue weighted by atomic mass is 9.89. The second kappa shape index (κ2) is 4.51. The predicted molar refractivity (Wildman–Crippen MR) is 67.0 cm³/mol. The van der Waals surface area contributed by atoms with Crippen molar-refractivity contribution in [2.24, 2.45) is 5.41 Å².